The zero-order valence-electron chi connectivity index (χ0n) is 17.5. The van der Waals surface area contributed by atoms with E-state index in [0.29, 0.717) is 34.9 Å². The van der Waals surface area contributed by atoms with E-state index in [-0.39, 0.29) is 30.5 Å². The van der Waals surface area contributed by atoms with Crippen LogP contribution >= 0.6 is 0 Å². The Bertz CT molecular complexity index is 1440. The van der Waals surface area contributed by atoms with Crippen LogP contribution in [0.4, 0.5) is 15.0 Å². The predicted molar refractivity (Wildman–Crippen MR) is 115 cm³/mol. The average Bonchev–Trinajstić information content (AvgIpc) is 3.45. The number of aryl methyl sites for hydroxylation is 1. The van der Waals surface area contributed by atoms with Gasteiger partial charge in [0.15, 0.2) is 17.2 Å². The monoisotopic (exact) mass is 447 g/mol. The lowest BCUT2D eigenvalue weighted by molar-refractivity contribution is 0.200. The van der Waals surface area contributed by atoms with E-state index in [1.807, 2.05) is 19.1 Å². The molecule has 4 aromatic rings. The Kier molecular flexibility index (Phi) is 4.22. The van der Waals surface area contributed by atoms with Gasteiger partial charge in [0.05, 0.1) is 25.7 Å². The van der Waals surface area contributed by atoms with Crippen LogP contribution in [0.1, 0.15) is 22.7 Å². The highest BCUT2D eigenvalue weighted by Crippen LogP contribution is 2.43. The molecule has 0 fully saturated rings. The molecule has 3 aromatic heterocycles. The first-order chi connectivity index (χ1) is 16.0. The Morgan fingerprint density at radius 1 is 1.15 bits per heavy atom. The second-order valence-corrected chi connectivity index (χ2v) is 8.00. The number of amides is 1. The van der Waals surface area contributed by atoms with E-state index < -0.39 is 11.9 Å². The van der Waals surface area contributed by atoms with E-state index in [4.69, 9.17) is 9.47 Å². The number of rotatable bonds is 1. The van der Waals surface area contributed by atoms with Gasteiger partial charge in [-0.3, -0.25) is 9.88 Å². The fourth-order valence-electron chi connectivity index (χ4n) is 4.60. The van der Waals surface area contributed by atoms with Crippen LogP contribution in [0.3, 0.4) is 0 Å². The first kappa shape index (κ1) is 19.5. The summed E-state index contributed by atoms with van der Waals surface area (Å²) >= 11 is 0. The summed E-state index contributed by atoms with van der Waals surface area (Å²) in [5.41, 5.74) is 3.67. The molecular weight excluding hydrogens is 429 g/mol. The van der Waals surface area contributed by atoms with Gasteiger partial charge in [0.1, 0.15) is 17.9 Å². The molecule has 1 atom stereocenters. The van der Waals surface area contributed by atoms with Gasteiger partial charge in [0, 0.05) is 34.1 Å². The normalized spacial score (nSPS) is 16.8. The van der Waals surface area contributed by atoms with Crippen LogP contribution in [-0.2, 0) is 6.54 Å². The van der Waals surface area contributed by atoms with Crippen molar-refractivity contribution in [2.24, 2.45) is 0 Å². The molecule has 10 heteroatoms. The van der Waals surface area contributed by atoms with Crippen molar-refractivity contribution in [3.63, 3.8) is 0 Å². The summed E-state index contributed by atoms with van der Waals surface area (Å²) in [5.74, 6) is 0.293. The molecular formula is C23H18FN5O4. The maximum Gasteiger partial charge on any atom is 0.413 e. The van der Waals surface area contributed by atoms with Crippen LogP contribution in [0.2, 0.25) is 0 Å². The number of carbonyl (C=O) groups is 1. The van der Waals surface area contributed by atoms with Gasteiger partial charge in [-0.05, 0) is 31.2 Å². The molecule has 33 heavy (non-hydrogen) atoms. The Morgan fingerprint density at radius 3 is 2.76 bits per heavy atom. The smallest absolute Gasteiger partial charge is 0.413 e. The van der Waals surface area contributed by atoms with Gasteiger partial charge in [-0.15, -0.1) is 0 Å². The number of carboxylic acid groups (broad SMARTS) is 1. The van der Waals surface area contributed by atoms with E-state index in [1.54, 1.807) is 18.3 Å². The van der Waals surface area contributed by atoms with E-state index in [9.17, 15) is 14.3 Å². The van der Waals surface area contributed by atoms with Crippen LogP contribution in [0, 0.1) is 12.7 Å². The van der Waals surface area contributed by atoms with Crippen molar-refractivity contribution < 1.29 is 23.8 Å². The first-order valence-electron chi connectivity index (χ1n) is 10.4. The van der Waals surface area contributed by atoms with E-state index >= 15 is 0 Å². The molecule has 9 nitrogen and oxygen atoms in total. The van der Waals surface area contributed by atoms with Crippen molar-refractivity contribution in [2.45, 2.75) is 19.4 Å². The number of benzene rings is 1. The van der Waals surface area contributed by atoms with Crippen LogP contribution in [0.15, 0.2) is 42.9 Å². The summed E-state index contributed by atoms with van der Waals surface area (Å²) in [6.07, 6.45) is 1.78. The lowest BCUT2D eigenvalue weighted by atomic mass is 9.95. The predicted octanol–water partition coefficient (Wildman–Crippen LogP) is 3.79. The minimum absolute atomic E-state index is 0.165. The SMILES string of the molecule is Cc1ncccc1-c1cc2c(n3ncnc13)N(C(=O)O)Cc1c(F)ccc3c1[C@@H](CO3)CO2. The van der Waals surface area contributed by atoms with E-state index in [0.717, 1.165) is 16.2 Å². The molecule has 0 saturated carbocycles. The lowest BCUT2D eigenvalue weighted by Gasteiger charge is -2.23. The highest BCUT2D eigenvalue weighted by Gasteiger charge is 2.35. The van der Waals surface area contributed by atoms with Gasteiger partial charge in [-0.25, -0.2) is 14.2 Å². The first-order valence-corrected chi connectivity index (χ1v) is 10.4. The molecule has 2 aliphatic heterocycles. The van der Waals surface area contributed by atoms with Gasteiger partial charge in [-0.1, -0.05) is 6.07 Å². The Balaban J connectivity index is 1.62. The highest BCUT2D eigenvalue weighted by molar-refractivity contribution is 5.91. The maximum absolute atomic E-state index is 14.9. The van der Waals surface area contributed by atoms with Crippen LogP contribution in [0.25, 0.3) is 16.8 Å². The number of hydrogen-bond donors (Lipinski definition) is 1. The second-order valence-electron chi connectivity index (χ2n) is 8.00. The van der Waals surface area contributed by atoms with Crippen molar-refractivity contribution in [3.05, 3.63) is 65.5 Å². The number of fused-ring (bicyclic) bond motifs is 3. The minimum Gasteiger partial charge on any atom is -0.493 e. The molecule has 1 N–H and O–H groups in total. The zero-order valence-corrected chi connectivity index (χ0v) is 17.5. The molecule has 6 rings (SSSR count). The number of aromatic nitrogens is 4. The number of anilines is 1. The largest absolute Gasteiger partial charge is 0.493 e. The summed E-state index contributed by atoms with van der Waals surface area (Å²) < 4.78 is 28.3. The van der Waals surface area contributed by atoms with Gasteiger partial charge in [-0.2, -0.15) is 9.61 Å². The summed E-state index contributed by atoms with van der Waals surface area (Å²) in [5, 5.41) is 14.4. The number of pyridine rings is 2. The van der Waals surface area contributed by atoms with Crippen LogP contribution < -0.4 is 14.4 Å². The third-order valence-electron chi connectivity index (χ3n) is 6.13. The van der Waals surface area contributed by atoms with Gasteiger partial charge >= 0.3 is 6.09 Å². The van der Waals surface area contributed by atoms with Crippen molar-refractivity contribution in [1.29, 1.82) is 0 Å². The third-order valence-corrected chi connectivity index (χ3v) is 6.13. The Morgan fingerprint density at radius 2 is 1.97 bits per heavy atom. The molecule has 0 unspecified atom stereocenters. The van der Waals surface area contributed by atoms with Crippen molar-refractivity contribution in [1.82, 2.24) is 19.6 Å². The van der Waals surface area contributed by atoms with Crippen molar-refractivity contribution in [2.75, 3.05) is 18.1 Å². The second kappa shape index (κ2) is 7.16. The Hall–Kier alpha value is -4.21. The number of hydrogen-bond acceptors (Lipinski definition) is 6. The summed E-state index contributed by atoms with van der Waals surface area (Å²) in [6, 6.07) is 8.35. The third kappa shape index (κ3) is 2.90. The van der Waals surface area contributed by atoms with Gasteiger partial charge in [0.2, 0.25) is 0 Å². The molecule has 1 amide bonds. The van der Waals surface area contributed by atoms with Gasteiger partial charge < -0.3 is 14.6 Å². The standard InChI is InChI=1S/C23H18FN5O4/c1-12-14(3-2-6-25-12)15-7-19-22(29-21(15)26-11-27-29)28(23(30)31)8-16-17(24)4-5-18-20(16)13(9-32-18)10-33-19/h2-7,11,13H,8-10H2,1H3,(H,30,31)/t13-/m0/s1. The summed E-state index contributed by atoms with van der Waals surface area (Å²) in [4.78, 5) is 22.2. The molecule has 0 spiro atoms. The lowest BCUT2D eigenvalue weighted by Crippen LogP contribution is -2.31. The molecule has 0 aliphatic carbocycles. The highest BCUT2D eigenvalue weighted by atomic mass is 19.1. The number of nitrogens with zero attached hydrogens (tertiary/aromatic N) is 5. The molecule has 166 valence electrons. The zero-order chi connectivity index (χ0) is 22.7. The van der Waals surface area contributed by atoms with Crippen molar-refractivity contribution >= 4 is 17.6 Å². The molecule has 5 heterocycles. The summed E-state index contributed by atoms with van der Waals surface area (Å²) in [7, 11) is 0. The van der Waals surface area contributed by atoms with Crippen LogP contribution in [-0.4, -0.2) is 44.0 Å². The summed E-state index contributed by atoms with van der Waals surface area (Å²) in [6.45, 7) is 2.18. The fraction of sp³-hybridized carbons (Fsp3) is 0.217. The molecule has 0 radical (unpaired) electrons. The average molecular weight is 447 g/mol. The fourth-order valence-corrected chi connectivity index (χ4v) is 4.60. The maximum atomic E-state index is 14.9. The number of halogens is 1. The molecule has 2 aliphatic rings. The van der Waals surface area contributed by atoms with Crippen LogP contribution in [0.5, 0.6) is 11.5 Å². The molecule has 0 saturated heterocycles. The van der Waals surface area contributed by atoms with Crippen molar-refractivity contribution in [3.8, 4) is 22.6 Å². The molecule has 1 aromatic carbocycles. The number of ether oxygens (including phenoxy) is 2. The van der Waals surface area contributed by atoms with Gasteiger partial charge in [0.25, 0.3) is 0 Å². The molecule has 0 bridgehead atoms. The van der Waals surface area contributed by atoms with E-state index in [2.05, 4.69) is 15.1 Å². The minimum atomic E-state index is -1.27. The topological polar surface area (TPSA) is 102 Å². The quantitative estimate of drug-likeness (QED) is 0.474. The van der Waals surface area contributed by atoms with E-state index in [1.165, 1.54) is 16.9 Å². The Labute approximate surface area is 187 Å².